The van der Waals surface area contributed by atoms with Crippen molar-refractivity contribution in [1.29, 1.82) is 0 Å². The van der Waals surface area contributed by atoms with Crippen molar-refractivity contribution in [2.75, 3.05) is 12.8 Å². The van der Waals surface area contributed by atoms with Gasteiger partial charge in [-0.3, -0.25) is 9.59 Å². The summed E-state index contributed by atoms with van der Waals surface area (Å²) < 4.78 is 5.21. The molecule has 0 aromatic heterocycles. The van der Waals surface area contributed by atoms with Crippen LogP contribution in [0, 0.1) is 6.92 Å². The highest BCUT2D eigenvalue weighted by Gasteiger charge is 2.35. The van der Waals surface area contributed by atoms with E-state index in [1.165, 1.54) is 11.9 Å². The molecule has 0 heterocycles. The summed E-state index contributed by atoms with van der Waals surface area (Å²) in [5, 5.41) is 15.8. The molecule has 0 spiro atoms. The van der Waals surface area contributed by atoms with Gasteiger partial charge in [0.1, 0.15) is 23.4 Å². The summed E-state index contributed by atoms with van der Waals surface area (Å²) in [5.41, 5.74) is 0.139. The van der Waals surface area contributed by atoms with Crippen LogP contribution in [-0.2, 0) is 14.3 Å². The predicted molar refractivity (Wildman–Crippen MR) is 119 cm³/mol. The number of nitrogens with one attached hydrogen (secondary N) is 2. The molecule has 2 unspecified atom stereocenters. The molecule has 1 rings (SSSR count). The molecule has 1 aromatic carbocycles. The minimum absolute atomic E-state index is 0.000730. The molecule has 3 N–H and O–H groups in total. The maximum absolute atomic E-state index is 13.1. The van der Waals surface area contributed by atoms with Crippen molar-refractivity contribution in [1.82, 2.24) is 15.5 Å². The number of carbonyl (C=O) groups excluding carboxylic acids is 3. The lowest BCUT2D eigenvalue weighted by molar-refractivity contribution is -0.140. The number of nitrogens with zero attached hydrogens (tertiary/aromatic N) is 1. The van der Waals surface area contributed by atoms with Gasteiger partial charge in [-0.25, -0.2) is 4.79 Å². The number of ether oxygens (including phenoxy) is 1. The lowest BCUT2D eigenvalue weighted by atomic mass is 9.99. The Balaban J connectivity index is 3.22. The van der Waals surface area contributed by atoms with Crippen molar-refractivity contribution in [3.8, 4) is 5.75 Å². The summed E-state index contributed by atoms with van der Waals surface area (Å²) in [6.45, 7) is 10.4. The van der Waals surface area contributed by atoms with E-state index < -0.39 is 35.6 Å². The molecule has 3 amide bonds. The zero-order chi connectivity index (χ0) is 23.2. The minimum atomic E-state index is -1.09. The molecule has 1 aromatic rings. The molecule has 30 heavy (non-hydrogen) atoms. The number of phenolic OH excluding ortho intramolecular Hbond substituents is 1. The molecule has 0 bridgehead atoms. The topological polar surface area (TPSA) is 108 Å². The molecule has 0 aliphatic rings. The van der Waals surface area contributed by atoms with Crippen molar-refractivity contribution in [2.24, 2.45) is 0 Å². The fourth-order valence-corrected chi connectivity index (χ4v) is 3.05. The summed E-state index contributed by atoms with van der Waals surface area (Å²) in [4.78, 5) is 39.4. The Morgan fingerprint density at radius 3 is 2.30 bits per heavy atom. The van der Waals surface area contributed by atoms with E-state index in [-0.39, 0.29) is 17.5 Å². The number of thiol groups is 1. The molecular weight excluding hydrogens is 406 g/mol. The van der Waals surface area contributed by atoms with E-state index in [0.29, 0.717) is 11.1 Å². The standard InChI is InChI=1S/C21H33N3O5S/c1-12(2)22-18(26)16(14-10-8-9-13(3)17(14)25)24(7)19(27)15(11-30)23-20(28)29-21(4,5)6/h8-10,12,15-16,25,30H,11H2,1-7H3,(H,22,26)(H,23,28). The fourth-order valence-electron chi connectivity index (χ4n) is 2.80. The van der Waals surface area contributed by atoms with Crippen molar-refractivity contribution >= 4 is 30.5 Å². The molecule has 0 radical (unpaired) electrons. The first kappa shape index (κ1) is 25.6. The molecule has 168 valence electrons. The molecule has 0 saturated carbocycles. The van der Waals surface area contributed by atoms with Gasteiger partial charge in [-0.05, 0) is 47.1 Å². The fraction of sp³-hybridized carbons (Fsp3) is 0.571. The molecule has 0 aliphatic carbocycles. The monoisotopic (exact) mass is 439 g/mol. The molecule has 0 aliphatic heterocycles. The number of aromatic hydroxyl groups is 1. The second-order valence-electron chi connectivity index (χ2n) is 8.41. The molecule has 0 fully saturated rings. The number of hydrogen-bond donors (Lipinski definition) is 4. The summed E-state index contributed by atoms with van der Waals surface area (Å²) >= 11 is 4.17. The van der Waals surface area contributed by atoms with Crippen molar-refractivity contribution in [2.45, 2.75) is 65.3 Å². The van der Waals surface area contributed by atoms with E-state index in [1.54, 1.807) is 59.7 Å². The van der Waals surface area contributed by atoms with Crippen LogP contribution in [-0.4, -0.2) is 58.4 Å². The van der Waals surface area contributed by atoms with Crippen LogP contribution >= 0.6 is 12.6 Å². The smallest absolute Gasteiger partial charge is 0.408 e. The van der Waals surface area contributed by atoms with Gasteiger partial charge in [0.15, 0.2) is 0 Å². The number of rotatable bonds is 7. The lowest BCUT2D eigenvalue weighted by Gasteiger charge is -2.32. The van der Waals surface area contributed by atoms with E-state index in [1.807, 2.05) is 0 Å². The van der Waals surface area contributed by atoms with Gasteiger partial charge < -0.3 is 25.4 Å². The van der Waals surface area contributed by atoms with Gasteiger partial charge in [0.05, 0.1) is 0 Å². The molecule has 0 saturated heterocycles. The highest BCUT2D eigenvalue weighted by molar-refractivity contribution is 7.80. The number of benzene rings is 1. The normalized spacial score (nSPS) is 13.4. The molecular formula is C21H33N3O5S. The first-order chi connectivity index (χ1) is 13.8. The van der Waals surface area contributed by atoms with Gasteiger partial charge in [-0.15, -0.1) is 0 Å². The second-order valence-corrected chi connectivity index (χ2v) is 8.77. The number of alkyl carbamates (subject to hydrolysis) is 1. The maximum Gasteiger partial charge on any atom is 0.408 e. The minimum Gasteiger partial charge on any atom is -0.507 e. The number of amides is 3. The van der Waals surface area contributed by atoms with Crippen LogP contribution in [0.4, 0.5) is 4.79 Å². The third-order valence-electron chi connectivity index (χ3n) is 4.15. The highest BCUT2D eigenvalue weighted by Crippen LogP contribution is 2.31. The molecule has 9 heteroatoms. The third kappa shape index (κ3) is 7.12. The number of para-hydroxylation sites is 1. The first-order valence-electron chi connectivity index (χ1n) is 9.74. The number of likely N-dealkylation sites (N-methyl/N-ethyl adjacent to an activating group) is 1. The van der Waals surface area contributed by atoms with Crippen LogP contribution in [0.15, 0.2) is 18.2 Å². The van der Waals surface area contributed by atoms with Gasteiger partial charge in [0.25, 0.3) is 0 Å². The summed E-state index contributed by atoms with van der Waals surface area (Å²) in [5.74, 6) is -1.05. The summed E-state index contributed by atoms with van der Waals surface area (Å²) in [6, 6.07) is 2.72. The number of aryl methyl sites for hydroxylation is 1. The van der Waals surface area contributed by atoms with Gasteiger partial charge in [0, 0.05) is 24.4 Å². The Morgan fingerprint density at radius 2 is 1.80 bits per heavy atom. The van der Waals surface area contributed by atoms with Crippen molar-refractivity contribution in [3.05, 3.63) is 29.3 Å². The van der Waals surface area contributed by atoms with Gasteiger partial charge >= 0.3 is 6.09 Å². The highest BCUT2D eigenvalue weighted by atomic mass is 32.1. The van der Waals surface area contributed by atoms with Gasteiger partial charge in [0.2, 0.25) is 11.8 Å². The number of carbonyl (C=O) groups is 3. The van der Waals surface area contributed by atoms with Crippen molar-refractivity contribution < 1.29 is 24.2 Å². The summed E-state index contributed by atoms with van der Waals surface area (Å²) in [7, 11) is 1.45. The molecule has 2 atom stereocenters. The van der Waals surface area contributed by atoms with Crippen LogP contribution in [0.25, 0.3) is 0 Å². The predicted octanol–water partition coefficient (Wildman–Crippen LogP) is 2.55. The van der Waals surface area contributed by atoms with Gasteiger partial charge in [-0.1, -0.05) is 18.2 Å². The van der Waals surface area contributed by atoms with E-state index in [4.69, 9.17) is 4.74 Å². The zero-order valence-corrected chi connectivity index (χ0v) is 19.5. The number of hydrogen-bond acceptors (Lipinski definition) is 6. The average Bonchev–Trinajstić information content (AvgIpc) is 2.60. The van der Waals surface area contributed by atoms with Crippen LogP contribution in [0.5, 0.6) is 5.75 Å². The van der Waals surface area contributed by atoms with Crippen molar-refractivity contribution in [3.63, 3.8) is 0 Å². The SMILES string of the molecule is Cc1cccc(C(C(=O)NC(C)C)N(C)C(=O)C(CS)NC(=O)OC(C)(C)C)c1O. The van der Waals surface area contributed by atoms with Gasteiger partial charge in [-0.2, -0.15) is 12.6 Å². The Morgan fingerprint density at radius 1 is 1.20 bits per heavy atom. The largest absolute Gasteiger partial charge is 0.507 e. The Kier molecular flexibility index (Phi) is 9.02. The first-order valence-corrected chi connectivity index (χ1v) is 10.4. The number of phenols is 1. The van der Waals surface area contributed by atoms with Crippen LogP contribution in [0.1, 0.15) is 51.8 Å². The Bertz CT molecular complexity index is 776. The van der Waals surface area contributed by atoms with Crippen LogP contribution in [0.3, 0.4) is 0 Å². The quantitative estimate of drug-likeness (QED) is 0.489. The maximum atomic E-state index is 13.1. The van der Waals surface area contributed by atoms with Crippen LogP contribution in [0.2, 0.25) is 0 Å². The van der Waals surface area contributed by atoms with Crippen LogP contribution < -0.4 is 10.6 Å². The second kappa shape index (κ2) is 10.6. The Labute approximate surface area is 183 Å². The van der Waals surface area contributed by atoms with E-state index in [9.17, 15) is 19.5 Å². The van der Waals surface area contributed by atoms with E-state index in [2.05, 4.69) is 23.3 Å². The van der Waals surface area contributed by atoms with E-state index in [0.717, 1.165) is 0 Å². The zero-order valence-electron chi connectivity index (χ0n) is 18.6. The Hall–Kier alpha value is -2.42. The lowest BCUT2D eigenvalue weighted by Crippen LogP contribution is -2.53. The molecule has 8 nitrogen and oxygen atoms in total. The average molecular weight is 440 g/mol. The summed E-state index contributed by atoms with van der Waals surface area (Å²) in [6.07, 6.45) is -0.759. The third-order valence-corrected chi connectivity index (χ3v) is 4.51. The van der Waals surface area contributed by atoms with E-state index >= 15 is 0 Å².